The fourth-order valence-electron chi connectivity index (χ4n) is 0.696. The highest BCUT2D eigenvalue weighted by molar-refractivity contribution is 6.30. The molecule has 1 aromatic heterocycles. The monoisotopic (exact) mass is 184 g/mol. The van der Waals surface area contributed by atoms with Gasteiger partial charge in [0, 0.05) is 0 Å². The largest absolute Gasteiger partial charge is 0.425 e. The molecule has 0 fully saturated rings. The Labute approximate surface area is 72.9 Å². The van der Waals surface area contributed by atoms with Gasteiger partial charge in [-0.05, 0) is 6.92 Å². The third-order valence-corrected chi connectivity index (χ3v) is 1.74. The summed E-state index contributed by atoms with van der Waals surface area (Å²) < 4.78 is 0.419. The van der Waals surface area contributed by atoms with Crippen molar-refractivity contribution in [3.05, 3.63) is 22.0 Å². The summed E-state index contributed by atoms with van der Waals surface area (Å²) in [6.45, 7) is 1.54. The van der Waals surface area contributed by atoms with E-state index in [1.54, 1.807) is 6.07 Å². The van der Waals surface area contributed by atoms with Crippen molar-refractivity contribution in [2.75, 3.05) is 0 Å². The lowest BCUT2D eigenvalue weighted by molar-refractivity contribution is 0.169. The second-order valence-electron chi connectivity index (χ2n) is 2.11. The Morgan fingerprint density at radius 1 is 1.75 bits per heavy atom. The van der Waals surface area contributed by atoms with E-state index < -0.39 is 5.49 Å². The molecule has 0 atom stereocenters. The summed E-state index contributed by atoms with van der Waals surface area (Å²) in [6.07, 6.45) is 0. The zero-order valence-corrected chi connectivity index (χ0v) is 6.92. The molecule has 0 bridgehead atoms. The Morgan fingerprint density at radius 2 is 2.33 bits per heavy atom. The van der Waals surface area contributed by atoms with Gasteiger partial charge in [-0.3, -0.25) is 5.41 Å². The Bertz CT molecular complexity index is 417. The molecule has 0 spiro atoms. The first-order valence-corrected chi connectivity index (χ1v) is 3.38. The van der Waals surface area contributed by atoms with E-state index >= 15 is 0 Å². The fraction of sp³-hybridized carbons (Fsp3) is 0.167. The van der Waals surface area contributed by atoms with Gasteiger partial charge < -0.3 is 5.21 Å². The number of halogens is 1. The van der Waals surface area contributed by atoms with E-state index in [4.69, 9.17) is 27.5 Å². The van der Waals surface area contributed by atoms with E-state index in [-0.39, 0.29) is 10.8 Å². The van der Waals surface area contributed by atoms with Gasteiger partial charge in [0.15, 0.2) is 16.3 Å². The average molecular weight is 185 g/mol. The van der Waals surface area contributed by atoms with Crippen molar-refractivity contribution in [1.29, 1.82) is 10.7 Å². The van der Waals surface area contributed by atoms with Crippen LogP contribution in [0.1, 0.15) is 11.4 Å². The summed E-state index contributed by atoms with van der Waals surface area (Å²) in [5, 5.41) is 24.7. The van der Waals surface area contributed by atoms with Crippen LogP contribution < -0.4 is 5.49 Å². The summed E-state index contributed by atoms with van der Waals surface area (Å²) in [6, 6.07) is 1.67. The van der Waals surface area contributed by atoms with Gasteiger partial charge in [0.25, 0.3) is 0 Å². The Kier molecular flexibility index (Phi) is 2.02. The molecule has 2 N–H and O–H groups in total. The summed E-state index contributed by atoms with van der Waals surface area (Å²) in [4.78, 5) is 3.69. The Morgan fingerprint density at radius 3 is 2.83 bits per heavy atom. The van der Waals surface area contributed by atoms with Gasteiger partial charge in [-0.1, -0.05) is 11.6 Å². The molecule has 0 saturated carbocycles. The molecule has 0 amide bonds. The predicted octanol–water partition coefficient (Wildman–Crippen LogP) is 0.433. The van der Waals surface area contributed by atoms with E-state index in [1.165, 1.54) is 6.92 Å². The lowest BCUT2D eigenvalue weighted by atomic mass is 10.4. The van der Waals surface area contributed by atoms with E-state index in [1.807, 2.05) is 0 Å². The molecule has 6 heteroatoms. The van der Waals surface area contributed by atoms with Crippen LogP contribution in [0.25, 0.3) is 0 Å². The molecule has 12 heavy (non-hydrogen) atoms. The number of nitrogens with one attached hydrogen (secondary N) is 1. The maximum absolute atomic E-state index is 9.11. The Hall–Kier alpha value is -1.54. The normalized spacial score (nSPS) is 9.42. The first kappa shape index (κ1) is 8.56. The highest BCUT2D eigenvalue weighted by atomic mass is 35.5. The SMILES string of the molecule is Cc1nc(C#N)c(=N)n(O)c1Cl. The number of hydrogen-bond acceptors (Lipinski definition) is 4. The van der Waals surface area contributed by atoms with E-state index in [0.29, 0.717) is 10.4 Å². The van der Waals surface area contributed by atoms with Gasteiger partial charge >= 0.3 is 0 Å². The number of nitrogens with zero attached hydrogens (tertiary/aromatic N) is 3. The summed E-state index contributed by atoms with van der Waals surface area (Å²) in [5.74, 6) is 0. The molecule has 1 heterocycles. The molecule has 1 rings (SSSR count). The first-order chi connectivity index (χ1) is 5.57. The summed E-state index contributed by atoms with van der Waals surface area (Å²) in [7, 11) is 0. The molecule has 62 valence electrons. The minimum absolute atomic E-state index is 0.0565. The maximum Gasteiger partial charge on any atom is 0.199 e. The van der Waals surface area contributed by atoms with Crippen molar-refractivity contribution in [2.45, 2.75) is 6.92 Å². The van der Waals surface area contributed by atoms with Crippen LogP contribution in [0.5, 0.6) is 0 Å². The van der Waals surface area contributed by atoms with Gasteiger partial charge in [0.2, 0.25) is 0 Å². The molecule has 0 unspecified atom stereocenters. The minimum atomic E-state index is -0.409. The van der Waals surface area contributed by atoms with Crippen molar-refractivity contribution < 1.29 is 5.21 Å². The zero-order valence-electron chi connectivity index (χ0n) is 6.17. The third-order valence-electron chi connectivity index (χ3n) is 1.31. The van der Waals surface area contributed by atoms with Gasteiger partial charge in [-0.15, -0.1) is 0 Å². The predicted molar refractivity (Wildman–Crippen MR) is 39.7 cm³/mol. The van der Waals surface area contributed by atoms with Crippen LogP contribution in [-0.2, 0) is 0 Å². The van der Waals surface area contributed by atoms with E-state index in [2.05, 4.69) is 4.98 Å². The fourth-order valence-corrected chi connectivity index (χ4v) is 0.823. The second kappa shape index (κ2) is 2.83. The number of aromatic nitrogens is 2. The van der Waals surface area contributed by atoms with Gasteiger partial charge in [0.1, 0.15) is 6.07 Å². The highest BCUT2D eigenvalue weighted by Crippen LogP contribution is 2.07. The summed E-state index contributed by atoms with van der Waals surface area (Å²) in [5.41, 5.74) is -0.251. The smallest absolute Gasteiger partial charge is 0.199 e. The van der Waals surface area contributed by atoms with Crippen molar-refractivity contribution in [1.82, 2.24) is 9.71 Å². The highest BCUT2D eigenvalue weighted by Gasteiger charge is 2.07. The van der Waals surface area contributed by atoms with Crippen LogP contribution in [0.2, 0.25) is 5.15 Å². The topological polar surface area (TPSA) is 85.7 Å². The molecule has 0 radical (unpaired) electrons. The standard InChI is InChI=1S/C6H5ClN4O/c1-3-5(7)11(12)6(9)4(2-8)10-3/h9,12H,1H3. The van der Waals surface area contributed by atoms with Gasteiger partial charge in [-0.2, -0.15) is 9.99 Å². The number of nitriles is 1. The van der Waals surface area contributed by atoms with Crippen LogP contribution in [0.15, 0.2) is 0 Å². The molecular formula is C6H5ClN4O. The van der Waals surface area contributed by atoms with Crippen LogP contribution in [-0.4, -0.2) is 14.9 Å². The quantitative estimate of drug-likeness (QED) is 0.574. The lowest BCUT2D eigenvalue weighted by Gasteiger charge is -2.03. The Balaban J connectivity index is 3.64. The van der Waals surface area contributed by atoms with Crippen molar-refractivity contribution >= 4 is 11.6 Å². The molecule has 0 aliphatic carbocycles. The third kappa shape index (κ3) is 1.12. The van der Waals surface area contributed by atoms with Crippen molar-refractivity contribution in [3.63, 3.8) is 0 Å². The zero-order chi connectivity index (χ0) is 9.30. The van der Waals surface area contributed by atoms with Gasteiger partial charge in [-0.25, -0.2) is 4.98 Å². The maximum atomic E-state index is 9.11. The van der Waals surface area contributed by atoms with Crippen molar-refractivity contribution in [3.8, 4) is 6.07 Å². The first-order valence-electron chi connectivity index (χ1n) is 3.01. The second-order valence-corrected chi connectivity index (χ2v) is 2.47. The van der Waals surface area contributed by atoms with E-state index in [0.717, 1.165) is 0 Å². The molecule has 0 aliphatic rings. The van der Waals surface area contributed by atoms with Gasteiger partial charge in [0.05, 0.1) is 5.69 Å². The molecular weight excluding hydrogens is 180 g/mol. The average Bonchev–Trinajstić information content (AvgIpc) is 2.08. The van der Waals surface area contributed by atoms with Crippen LogP contribution in [0.4, 0.5) is 0 Å². The molecule has 1 aromatic rings. The van der Waals surface area contributed by atoms with Crippen molar-refractivity contribution in [2.24, 2.45) is 0 Å². The lowest BCUT2D eigenvalue weighted by Crippen LogP contribution is -2.23. The molecule has 5 nitrogen and oxygen atoms in total. The number of aryl methyl sites for hydroxylation is 1. The number of rotatable bonds is 0. The molecule has 0 aromatic carbocycles. The van der Waals surface area contributed by atoms with Crippen LogP contribution in [0.3, 0.4) is 0 Å². The van der Waals surface area contributed by atoms with E-state index in [9.17, 15) is 0 Å². The minimum Gasteiger partial charge on any atom is -0.425 e. The number of hydrogen-bond donors (Lipinski definition) is 2. The van der Waals surface area contributed by atoms with Crippen LogP contribution >= 0.6 is 11.6 Å². The molecule has 0 saturated heterocycles. The van der Waals surface area contributed by atoms with Crippen LogP contribution in [0, 0.1) is 23.7 Å². The molecule has 0 aliphatic heterocycles. The summed E-state index contributed by atoms with van der Waals surface area (Å²) >= 11 is 5.53.